The number of rotatable bonds is 7. The zero-order chi connectivity index (χ0) is 12.5. The maximum atomic E-state index is 11.5. The SMILES string of the molecule is CCC(=S)NCC(=O)CNCc1ccccc1. The second-order valence-corrected chi connectivity index (χ2v) is 4.25. The zero-order valence-corrected chi connectivity index (χ0v) is 10.8. The third-order valence-electron chi connectivity index (χ3n) is 2.30. The first-order chi connectivity index (χ1) is 8.22. The molecule has 0 unspecified atom stereocenters. The Morgan fingerprint density at radius 3 is 2.59 bits per heavy atom. The number of thiocarbonyl (C=S) groups is 1. The summed E-state index contributed by atoms with van der Waals surface area (Å²) in [5.74, 6) is 0.122. The molecule has 0 saturated carbocycles. The van der Waals surface area contributed by atoms with E-state index in [1.54, 1.807) is 0 Å². The number of nitrogens with one attached hydrogen (secondary N) is 2. The molecule has 0 spiro atoms. The van der Waals surface area contributed by atoms with Crippen LogP contribution in [0.25, 0.3) is 0 Å². The van der Waals surface area contributed by atoms with Crippen molar-refractivity contribution in [2.45, 2.75) is 19.9 Å². The van der Waals surface area contributed by atoms with Crippen LogP contribution < -0.4 is 10.6 Å². The lowest BCUT2D eigenvalue weighted by Gasteiger charge is -2.06. The van der Waals surface area contributed by atoms with Gasteiger partial charge in [0.25, 0.3) is 0 Å². The van der Waals surface area contributed by atoms with E-state index in [2.05, 4.69) is 10.6 Å². The van der Waals surface area contributed by atoms with Gasteiger partial charge in [0.15, 0.2) is 5.78 Å². The molecule has 0 saturated heterocycles. The molecule has 0 amide bonds. The summed E-state index contributed by atoms with van der Waals surface area (Å²) in [6.45, 7) is 3.36. The molecule has 1 aromatic carbocycles. The Morgan fingerprint density at radius 1 is 1.24 bits per heavy atom. The van der Waals surface area contributed by atoms with Crippen LogP contribution in [-0.4, -0.2) is 23.9 Å². The minimum absolute atomic E-state index is 0.122. The molecular formula is C13H18N2OS. The lowest BCUT2D eigenvalue weighted by molar-refractivity contribution is -0.117. The van der Waals surface area contributed by atoms with Gasteiger partial charge in [-0.3, -0.25) is 4.79 Å². The molecule has 0 atom stereocenters. The van der Waals surface area contributed by atoms with Gasteiger partial charge in [-0.2, -0.15) is 0 Å². The second-order valence-electron chi connectivity index (χ2n) is 3.76. The fourth-order valence-corrected chi connectivity index (χ4v) is 1.40. The Labute approximate surface area is 108 Å². The van der Waals surface area contributed by atoms with E-state index in [0.29, 0.717) is 19.6 Å². The van der Waals surface area contributed by atoms with Crippen LogP contribution in [0.15, 0.2) is 30.3 Å². The fraction of sp³-hybridized carbons (Fsp3) is 0.385. The van der Waals surface area contributed by atoms with Gasteiger partial charge in [-0.1, -0.05) is 49.5 Å². The summed E-state index contributed by atoms with van der Waals surface area (Å²) < 4.78 is 0. The average Bonchev–Trinajstić information content (AvgIpc) is 2.37. The quantitative estimate of drug-likeness (QED) is 0.722. The minimum Gasteiger partial charge on any atom is -0.373 e. The van der Waals surface area contributed by atoms with Gasteiger partial charge in [0.1, 0.15) is 0 Å². The fourth-order valence-electron chi connectivity index (χ4n) is 1.33. The van der Waals surface area contributed by atoms with E-state index in [0.717, 1.165) is 11.4 Å². The molecule has 0 radical (unpaired) electrons. The molecule has 2 N–H and O–H groups in total. The Bertz CT molecular complexity index is 365. The Kier molecular flexibility index (Phi) is 6.43. The van der Waals surface area contributed by atoms with Gasteiger partial charge in [0.2, 0.25) is 0 Å². The van der Waals surface area contributed by atoms with E-state index >= 15 is 0 Å². The molecule has 4 heteroatoms. The van der Waals surface area contributed by atoms with E-state index in [1.807, 2.05) is 37.3 Å². The number of Topliss-reactive ketones (excluding diaryl/α,β-unsaturated/α-hetero) is 1. The van der Waals surface area contributed by atoms with Crippen LogP contribution in [-0.2, 0) is 11.3 Å². The first kappa shape index (κ1) is 13.8. The normalized spacial score (nSPS) is 9.94. The molecule has 1 rings (SSSR count). The summed E-state index contributed by atoms with van der Waals surface area (Å²) >= 11 is 4.98. The number of ketones is 1. The smallest absolute Gasteiger partial charge is 0.165 e. The van der Waals surface area contributed by atoms with E-state index < -0.39 is 0 Å². The monoisotopic (exact) mass is 250 g/mol. The van der Waals surface area contributed by atoms with Crippen LogP contribution in [0, 0.1) is 0 Å². The predicted octanol–water partition coefficient (Wildman–Crippen LogP) is 1.67. The molecular weight excluding hydrogens is 232 g/mol. The van der Waals surface area contributed by atoms with E-state index in [9.17, 15) is 4.79 Å². The summed E-state index contributed by atoms with van der Waals surface area (Å²) in [6.07, 6.45) is 0.778. The first-order valence-electron chi connectivity index (χ1n) is 5.75. The van der Waals surface area contributed by atoms with Crippen molar-refractivity contribution >= 4 is 23.0 Å². The highest BCUT2D eigenvalue weighted by molar-refractivity contribution is 7.80. The molecule has 0 aliphatic carbocycles. The van der Waals surface area contributed by atoms with Gasteiger partial charge in [-0.05, 0) is 12.0 Å². The number of hydrogen-bond donors (Lipinski definition) is 2. The molecule has 0 heterocycles. The van der Waals surface area contributed by atoms with E-state index in [-0.39, 0.29) is 5.78 Å². The standard InChI is InChI=1S/C13H18N2OS/c1-2-13(17)15-10-12(16)9-14-8-11-6-4-3-5-7-11/h3-7,14H,2,8-10H2,1H3,(H,15,17). The highest BCUT2D eigenvalue weighted by Crippen LogP contribution is 1.96. The molecule has 0 fully saturated rings. The van der Waals surface area contributed by atoms with Crippen LogP contribution in [0.5, 0.6) is 0 Å². The number of carbonyl (C=O) groups excluding carboxylic acids is 1. The molecule has 1 aromatic rings. The van der Waals surface area contributed by atoms with Crippen molar-refractivity contribution in [1.29, 1.82) is 0 Å². The summed E-state index contributed by atoms with van der Waals surface area (Å²) in [6, 6.07) is 10.0. The summed E-state index contributed by atoms with van der Waals surface area (Å²) in [5, 5.41) is 6.03. The number of carbonyl (C=O) groups is 1. The lowest BCUT2D eigenvalue weighted by atomic mass is 10.2. The largest absolute Gasteiger partial charge is 0.373 e. The molecule has 0 bridgehead atoms. The lowest BCUT2D eigenvalue weighted by Crippen LogP contribution is -2.33. The van der Waals surface area contributed by atoms with Crippen molar-refractivity contribution in [1.82, 2.24) is 10.6 Å². The average molecular weight is 250 g/mol. The third-order valence-corrected chi connectivity index (χ3v) is 2.73. The van der Waals surface area contributed by atoms with Crippen molar-refractivity contribution < 1.29 is 4.79 Å². The summed E-state index contributed by atoms with van der Waals surface area (Å²) in [4.78, 5) is 12.2. The van der Waals surface area contributed by atoms with Crippen molar-refractivity contribution in [3.8, 4) is 0 Å². The molecule has 0 aliphatic rings. The van der Waals surface area contributed by atoms with Gasteiger partial charge in [0, 0.05) is 6.54 Å². The Hall–Kier alpha value is -1.26. The topological polar surface area (TPSA) is 41.1 Å². The number of hydrogen-bond acceptors (Lipinski definition) is 3. The second kappa shape index (κ2) is 7.92. The number of benzene rings is 1. The minimum atomic E-state index is 0.122. The molecule has 0 aromatic heterocycles. The Balaban J connectivity index is 2.14. The summed E-state index contributed by atoms with van der Waals surface area (Å²) in [7, 11) is 0. The maximum absolute atomic E-state index is 11.5. The maximum Gasteiger partial charge on any atom is 0.165 e. The van der Waals surface area contributed by atoms with Gasteiger partial charge in [-0.15, -0.1) is 0 Å². The van der Waals surface area contributed by atoms with E-state index in [1.165, 1.54) is 5.56 Å². The van der Waals surface area contributed by atoms with Gasteiger partial charge >= 0.3 is 0 Å². The summed E-state index contributed by atoms with van der Waals surface area (Å²) in [5.41, 5.74) is 1.18. The van der Waals surface area contributed by atoms with Crippen LogP contribution in [0.1, 0.15) is 18.9 Å². The van der Waals surface area contributed by atoms with Crippen molar-refractivity contribution in [3.63, 3.8) is 0 Å². The van der Waals surface area contributed by atoms with Crippen LogP contribution in [0.2, 0.25) is 0 Å². The van der Waals surface area contributed by atoms with Gasteiger partial charge in [0.05, 0.1) is 18.1 Å². The highest BCUT2D eigenvalue weighted by atomic mass is 32.1. The highest BCUT2D eigenvalue weighted by Gasteiger charge is 2.01. The van der Waals surface area contributed by atoms with Gasteiger partial charge in [-0.25, -0.2) is 0 Å². The van der Waals surface area contributed by atoms with Crippen LogP contribution in [0.3, 0.4) is 0 Å². The van der Waals surface area contributed by atoms with Crippen LogP contribution in [0.4, 0.5) is 0 Å². The Morgan fingerprint density at radius 2 is 1.94 bits per heavy atom. The van der Waals surface area contributed by atoms with Gasteiger partial charge < -0.3 is 10.6 Å². The first-order valence-corrected chi connectivity index (χ1v) is 6.16. The van der Waals surface area contributed by atoms with Crippen molar-refractivity contribution in [3.05, 3.63) is 35.9 Å². The molecule has 0 aliphatic heterocycles. The molecule has 3 nitrogen and oxygen atoms in total. The molecule has 17 heavy (non-hydrogen) atoms. The predicted molar refractivity (Wildman–Crippen MR) is 74.0 cm³/mol. The third kappa shape index (κ3) is 6.14. The zero-order valence-electron chi connectivity index (χ0n) is 10.0. The van der Waals surface area contributed by atoms with Crippen molar-refractivity contribution in [2.24, 2.45) is 0 Å². The van der Waals surface area contributed by atoms with E-state index in [4.69, 9.17) is 12.2 Å². The van der Waals surface area contributed by atoms with Crippen LogP contribution >= 0.6 is 12.2 Å². The van der Waals surface area contributed by atoms with Crippen molar-refractivity contribution in [2.75, 3.05) is 13.1 Å². The molecule has 92 valence electrons.